The molecule has 0 N–H and O–H groups in total. The van der Waals surface area contributed by atoms with E-state index in [-0.39, 0.29) is 6.04 Å². The lowest BCUT2D eigenvalue weighted by Gasteiger charge is -2.07. The summed E-state index contributed by atoms with van der Waals surface area (Å²) in [4.78, 5) is 1.58. The molecule has 0 saturated heterocycles. The molecule has 0 amide bonds. The van der Waals surface area contributed by atoms with Crippen molar-refractivity contribution in [1.29, 1.82) is 0 Å². The maximum atomic E-state index is 4.60. The van der Waals surface area contributed by atoms with Gasteiger partial charge in [0, 0.05) is 0 Å². The number of benzene rings is 1. The molecule has 1 aromatic carbocycles. The lowest BCUT2D eigenvalue weighted by atomic mass is 10.1. The van der Waals surface area contributed by atoms with Gasteiger partial charge in [-0.3, -0.25) is 0 Å². The first-order valence-corrected chi connectivity index (χ1v) is 7.56. The Morgan fingerprint density at radius 3 is 2.36 bits per heavy atom. The zero-order valence-corrected chi connectivity index (χ0v) is 13.9. The van der Waals surface area contributed by atoms with E-state index in [9.17, 15) is 0 Å². The minimum absolute atomic E-state index is 0.166. The van der Waals surface area contributed by atoms with Gasteiger partial charge in [-0.25, -0.2) is 4.68 Å². The van der Waals surface area contributed by atoms with Crippen molar-refractivity contribution in [3.8, 4) is 17.1 Å². The average Bonchev–Trinajstić information content (AvgIpc) is 3.03. The standard InChI is InChI=1S/C15H18N6S/c1-9(2)21-18-14(17-19-21)13-8-16-20(15(13)22)12-6-10(3)5-11(4)7-12/h5-9,22H,1-4H3. The van der Waals surface area contributed by atoms with Crippen molar-refractivity contribution in [2.75, 3.05) is 0 Å². The highest BCUT2D eigenvalue weighted by atomic mass is 32.1. The van der Waals surface area contributed by atoms with Crippen molar-refractivity contribution >= 4 is 12.6 Å². The van der Waals surface area contributed by atoms with Crippen molar-refractivity contribution in [2.24, 2.45) is 0 Å². The van der Waals surface area contributed by atoms with Gasteiger partial charge in [-0.15, -0.1) is 22.8 Å². The Balaban J connectivity index is 2.04. The van der Waals surface area contributed by atoms with Gasteiger partial charge < -0.3 is 0 Å². The summed E-state index contributed by atoms with van der Waals surface area (Å²) < 4.78 is 1.79. The maximum absolute atomic E-state index is 4.60. The third-order valence-corrected chi connectivity index (χ3v) is 3.76. The van der Waals surface area contributed by atoms with Crippen LogP contribution in [0.5, 0.6) is 0 Å². The largest absolute Gasteiger partial charge is 0.227 e. The summed E-state index contributed by atoms with van der Waals surface area (Å²) in [5.74, 6) is 0.536. The van der Waals surface area contributed by atoms with Crippen LogP contribution in [0.3, 0.4) is 0 Å². The number of aryl methyl sites for hydroxylation is 2. The number of hydrogen-bond donors (Lipinski definition) is 1. The van der Waals surface area contributed by atoms with Crippen LogP contribution < -0.4 is 0 Å². The van der Waals surface area contributed by atoms with Gasteiger partial charge in [0.25, 0.3) is 0 Å². The monoisotopic (exact) mass is 314 g/mol. The molecule has 0 aliphatic rings. The fourth-order valence-electron chi connectivity index (χ4n) is 2.31. The predicted octanol–water partition coefficient (Wildman–Crippen LogP) is 3.01. The molecule has 2 aromatic heterocycles. The zero-order chi connectivity index (χ0) is 15.9. The van der Waals surface area contributed by atoms with Gasteiger partial charge in [-0.05, 0) is 56.2 Å². The third-order valence-electron chi connectivity index (χ3n) is 3.33. The van der Waals surface area contributed by atoms with Crippen LogP contribution in [0, 0.1) is 13.8 Å². The topological polar surface area (TPSA) is 61.4 Å². The Morgan fingerprint density at radius 2 is 1.77 bits per heavy atom. The molecule has 22 heavy (non-hydrogen) atoms. The molecule has 0 unspecified atom stereocenters. The molecular formula is C15H18N6S. The molecule has 114 valence electrons. The van der Waals surface area contributed by atoms with E-state index in [1.165, 1.54) is 11.1 Å². The molecule has 7 heteroatoms. The van der Waals surface area contributed by atoms with Crippen LogP contribution in [0.25, 0.3) is 17.1 Å². The highest BCUT2D eigenvalue weighted by Crippen LogP contribution is 2.26. The van der Waals surface area contributed by atoms with Gasteiger partial charge >= 0.3 is 0 Å². The summed E-state index contributed by atoms with van der Waals surface area (Å²) in [6.07, 6.45) is 1.72. The van der Waals surface area contributed by atoms with Crippen LogP contribution in [-0.2, 0) is 0 Å². The number of thiol groups is 1. The van der Waals surface area contributed by atoms with Gasteiger partial charge in [0.05, 0.1) is 23.5 Å². The van der Waals surface area contributed by atoms with Crippen LogP contribution in [0.15, 0.2) is 29.4 Å². The van der Waals surface area contributed by atoms with Crippen LogP contribution in [0.2, 0.25) is 0 Å². The molecule has 3 rings (SSSR count). The fraction of sp³-hybridized carbons (Fsp3) is 0.333. The average molecular weight is 314 g/mol. The lowest BCUT2D eigenvalue weighted by molar-refractivity contribution is 0.455. The lowest BCUT2D eigenvalue weighted by Crippen LogP contribution is -2.04. The maximum Gasteiger partial charge on any atom is 0.209 e. The SMILES string of the molecule is Cc1cc(C)cc(-n2ncc(-c3nnn(C(C)C)n3)c2S)c1. The van der Waals surface area contributed by atoms with Gasteiger partial charge in [0.15, 0.2) is 0 Å². The van der Waals surface area contributed by atoms with Crippen LogP contribution >= 0.6 is 12.6 Å². The molecule has 3 aromatic rings. The number of nitrogens with zero attached hydrogens (tertiary/aromatic N) is 6. The molecule has 0 spiro atoms. The Hall–Kier alpha value is -2.15. The molecule has 0 atom stereocenters. The first-order valence-electron chi connectivity index (χ1n) is 7.11. The molecule has 0 aliphatic heterocycles. The summed E-state index contributed by atoms with van der Waals surface area (Å²) in [6, 6.07) is 6.44. The number of tetrazole rings is 1. The number of hydrogen-bond acceptors (Lipinski definition) is 5. The Morgan fingerprint density at radius 1 is 1.09 bits per heavy atom. The van der Waals surface area contributed by atoms with E-state index in [0.717, 1.165) is 11.3 Å². The van der Waals surface area contributed by atoms with E-state index in [4.69, 9.17) is 0 Å². The highest BCUT2D eigenvalue weighted by Gasteiger charge is 2.16. The molecule has 0 saturated carbocycles. The number of aromatic nitrogens is 6. The fourth-order valence-corrected chi connectivity index (χ4v) is 2.64. The van der Waals surface area contributed by atoms with Gasteiger partial charge in [-0.2, -0.15) is 9.90 Å². The Bertz CT molecular complexity index is 797. The van der Waals surface area contributed by atoms with Crippen LogP contribution in [0.1, 0.15) is 31.0 Å². The first kappa shape index (κ1) is 14.8. The van der Waals surface area contributed by atoms with Crippen molar-refractivity contribution in [3.63, 3.8) is 0 Å². The van der Waals surface area contributed by atoms with E-state index in [2.05, 4.69) is 65.2 Å². The van der Waals surface area contributed by atoms with Gasteiger partial charge in [0.1, 0.15) is 5.03 Å². The Kier molecular flexibility index (Phi) is 3.74. The van der Waals surface area contributed by atoms with Crippen molar-refractivity contribution in [1.82, 2.24) is 30.0 Å². The predicted molar refractivity (Wildman–Crippen MR) is 87.5 cm³/mol. The molecule has 6 nitrogen and oxygen atoms in total. The molecular weight excluding hydrogens is 296 g/mol. The van der Waals surface area contributed by atoms with Crippen molar-refractivity contribution < 1.29 is 0 Å². The molecule has 0 bridgehead atoms. The second-order valence-electron chi connectivity index (χ2n) is 5.67. The minimum Gasteiger partial charge on any atom is -0.227 e. The molecule has 2 heterocycles. The smallest absolute Gasteiger partial charge is 0.209 e. The second kappa shape index (κ2) is 5.57. The Labute approximate surface area is 134 Å². The van der Waals surface area contributed by atoms with E-state index < -0.39 is 0 Å². The quantitative estimate of drug-likeness (QED) is 0.755. The van der Waals surface area contributed by atoms with Gasteiger partial charge in [-0.1, -0.05) is 6.07 Å². The van der Waals surface area contributed by atoms with E-state index in [1.54, 1.807) is 15.7 Å². The summed E-state index contributed by atoms with van der Waals surface area (Å²) in [5.41, 5.74) is 4.12. The molecule has 0 radical (unpaired) electrons. The molecule has 0 aliphatic carbocycles. The summed E-state index contributed by atoms with van der Waals surface area (Å²) in [7, 11) is 0. The normalized spacial score (nSPS) is 11.4. The minimum atomic E-state index is 0.166. The summed E-state index contributed by atoms with van der Waals surface area (Å²) in [5, 5.41) is 17.6. The van der Waals surface area contributed by atoms with Crippen LogP contribution in [-0.4, -0.2) is 30.0 Å². The second-order valence-corrected chi connectivity index (χ2v) is 6.09. The number of rotatable bonds is 3. The zero-order valence-electron chi connectivity index (χ0n) is 13.0. The van der Waals surface area contributed by atoms with Crippen molar-refractivity contribution in [2.45, 2.75) is 38.8 Å². The van der Waals surface area contributed by atoms with E-state index >= 15 is 0 Å². The highest BCUT2D eigenvalue weighted by molar-refractivity contribution is 7.80. The third kappa shape index (κ3) is 2.64. The van der Waals surface area contributed by atoms with Crippen LogP contribution in [0.4, 0.5) is 0 Å². The van der Waals surface area contributed by atoms with Crippen molar-refractivity contribution in [3.05, 3.63) is 35.5 Å². The summed E-state index contributed by atoms with van der Waals surface area (Å²) in [6.45, 7) is 8.14. The van der Waals surface area contributed by atoms with E-state index in [1.807, 2.05) is 13.8 Å². The van der Waals surface area contributed by atoms with E-state index in [0.29, 0.717) is 10.9 Å². The summed E-state index contributed by atoms with van der Waals surface area (Å²) >= 11 is 4.60. The van der Waals surface area contributed by atoms with Gasteiger partial charge in [0.2, 0.25) is 5.82 Å². The molecule has 0 fully saturated rings. The first-order chi connectivity index (χ1) is 10.5.